The van der Waals surface area contributed by atoms with E-state index in [4.69, 9.17) is 27.9 Å². The summed E-state index contributed by atoms with van der Waals surface area (Å²) in [6.07, 6.45) is 1.80. The molecule has 0 fully saturated rings. The molecule has 0 N–H and O–H groups in total. The molecule has 2 nitrogen and oxygen atoms in total. The van der Waals surface area contributed by atoms with Crippen LogP contribution in [0.25, 0.3) is 0 Å². The number of hydrogen-bond donors (Lipinski definition) is 0. The lowest BCUT2D eigenvalue weighted by atomic mass is 10.2. The maximum Gasteiger partial charge on any atom is 0.128 e. The van der Waals surface area contributed by atoms with Gasteiger partial charge in [0.1, 0.15) is 12.4 Å². The first-order valence-electron chi connectivity index (χ1n) is 7.88. The molecule has 0 saturated heterocycles. The van der Waals surface area contributed by atoms with Crippen molar-refractivity contribution in [1.82, 2.24) is 0 Å². The molecule has 4 heteroatoms. The van der Waals surface area contributed by atoms with Crippen LogP contribution in [0, 0.1) is 6.92 Å². The van der Waals surface area contributed by atoms with Crippen LogP contribution in [0.4, 0.5) is 5.69 Å². The van der Waals surface area contributed by atoms with E-state index in [0.717, 1.165) is 28.1 Å². The Balaban J connectivity index is 1.77. The molecule has 0 bridgehead atoms. The second-order valence-corrected chi connectivity index (χ2v) is 6.51. The number of hydrogen-bond acceptors (Lipinski definition) is 2. The standard InChI is InChI=1S/C21H17Cl2NO/c1-15-6-9-19(23)12-20(15)24-13-17-4-2-3-5-21(17)25-14-16-7-10-18(22)11-8-16/h2-13H,14H2,1H3. The van der Waals surface area contributed by atoms with E-state index in [1.807, 2.05) is 73.7 Å². The van der Waals surface area contributed by atoms with Crippen molar-refractivity contribution in [3.63, 3.8) is 0 Å². The van der Waals surface area contributed by atoms with E-state index in [1.54, 1.807) is 6.21 Å². The highest BCUT2D eigenvalue weighted by Gasteiger charge is 2.03. The normalized spacial score (nSPS) is 11.0. The number of benzene rings is 3. The van der Waals surface area contributed by atoms with Gasteiger partial charge in [0.25, 0.3) is 0 Å². The Bertz CT molecular complexity index is 889. The van der Waals surface area contributed by atoms with Crippen LogP contribution in [-0.4, -0.2) is 6.21 Å². The van der Waals surface area contributed by atoms with Gasteiger partial charge >= 0.3 is 0 Å². The summed E-state index contributed by atoms with van der Waals surface area (Å²) in [5.41, 5.74) is 3.89. The van der Waals surface area contributed by atoms with Crippen LogP contribution in [0.2, 0.25) is 10.0 Å². The van der Waals surface area contributed by atoms with Crippen molar-refractivity contribution >= 4 is 35.1 Å². The van der Waals surface area contributed by atoms with Gasteiger partial charge in [-0.15, -0.1) is 0 Å². The fraction of sp³-hybridized carbons (Fsp3) is 0.0952. The molecule has 0 saturated carbocycles. The zero-order valence-electron chi connectivity index (χ0n) is 13.7. The summed E-state index contributed by atoms with van der Waals surface area (Å²) in [6, 6.07) is 21.1. The minimum absolute atomic E-state index is 0.470. The van der Waals surface area contributed by atoms with Gasteiger partial charge in [-0.2, -0.15) is 0 Å². The van der Waals surface area contributed by atoms with Gasteiger partial charge in [-0.25, -0.2) is 0 Å². The van der Waals surface area contributed by atoms with E-state index in [2.05, 4.69) is 4.99 Å². The molecule has 0 aliphatic heterocycles. The molecular weight excluding hydrogens is 353 g/mol. The Morgan fingerprint density at radius 3 is 2.44 bits per heavy atom. The first-order chi connectivity index (χ1) is 12.1. The molecule has 0 heterocycles. The van der Waals surface area contributed by atoms with E-state index < -0.39 is 0 Å². The number of aliphatic imine (C=N–C) groups is 1. The summed E-state index contributed by atoms with van der Waals surface area (Å²) >= 11 is 12.0. The van der Waals surface area contributed by atoms with Crippen LogP contribution in [0.3, 0.4) is 0 Å². The Morgan fingerprint density at radius 1 is 0.920 bits per heavy atom. The smallest absolute Gasteiger partial charge is 0.128 e. The first-order valence-corrected chi connectivity index (χ1v) is 8.64. The van der Waals surface area contributed by atoms with Crippen LogP contribution in [0.1, 0.15) is 16.7 Å². The van der Waals surface area contributed by atoms with Gasteiger partial charge in [0.05, 0.1) is 5.69 Å². The van der Waals surface area contributed by atoms with Crippen molar-refractivity contribution in [2.45, 2.75) is 13.5 Å². The fourth-order valence-electron chi connectivity index (χ4n) is 2.32. The average molecular weight is 370 g/mol. The number of halogens is 2. The van der Waals surface area contributed by atoms with Crippen LogP contribution in [0.5, 0.6) is 5.75 Å². The third-order valence-electron chi connectivity index (χ3n) is 3.74. The highest BCUT2D eigenvalue weighted by Crippen LogP contribution is 2.24. The molecule has 3 rings (SSSR count). The zero-order chi connectivity index (χ0) is 17.6. The minimum Gasteiger partial charge on any atom is -0.488 e. The maximum atomic E-state index is 6.05. The molecule has 3 aromatic rings. The summed E-state index contributed by atoms with van der Waals surface area (Å²) in [4.78, 5) is 4.56. The van der Waals surface area contributed by atoms with Crippen LogP contribution >= 0.6 is 23.2 Å². The first kappa shape index (κ1) is 17.5. The van der Waals surface area contributed by atoms with Crippen molar-refractivity contribution in [2.75, 3.05) is 0 Å². The van der Waals surface area contributed by atoms with Crippen molar-refractivity contribution < 1.29 is 4.74 Å². The third-order valence-corrected chi connectivity index (χ3v) is 4.23. The molecule has 3 aromatic carbocycles. The summed E-state index contributed by atoms with van der Waals surface area (Å²) in [6.45, 7) is 2.48. The molecule has 0 aliphatic rings. The third kappa shape index (κ3) is 4.85. The Hall–Kier alpha value is -2.29. The van der Waals surface area contributed by atoms with E-state index in [0.29, 0.717) is 16.7 Å². The maximum absolute atomic E-state index is 6.05. The molecule has 0 atom stereocenters. The van der Waals surface area contributed by atoms with Gasteiger partial charge in [0.15, 0.2) is 0 Å². The van der Waals surface area contributed by atoms with Crippen molar-refractivity contribution in [3.8, 4) is 5.75 Å². The lowest BCUT2D eigenvalue weighted by Gasteiger charge is -2.09. The molecule has 0 aromatic heterocycles. The van der Waals surface area contributed by atoms with Crippen molar-refractivity contribution in [3.05, 3.63) is 93.5 Å². The summed E-state index contributed by atoms with van der Waals surface area (Å²) < 4.78 is 5.95. The Labute approximate surface area is 157 Å². The molecule has 25 heavy (non-hydrogen) atoms. The van der Waals surface area contributed by atoms with Gasteiger partial charge in [-0.1, -0.05) is 53.5 Å². The average Bonchev–Trinajstić information content (AvgIpc) is 2.63. The molecule has 0 radical (unpaired) electrons. The van der Waals surface area contributed by atoms with Gasteiger partial charge in [-0.05, 0) is 54.4 Å². The Morgan fingerprint density at radius 2 is 1.64 bits per heavy atom. The number of nitrogens with zero attached hydrogens (tertiary/aromatic N) is 1. The molecule has 0 amide bonds. The molecule has 126 valence electrons. The molecule has 0 aliphatic carbocycles. The second-order valence-electron chi connectivity index (χ2n) is 5.64. The van der Waals surface area contributed by atoms with Crippen molar-refractivity contribution in [1.29, 1.82) is 0 Å². The highest BCUT2D eigenvalue weighted by molar-refractivity contribution is 6.31. The Kier molecular flexibility index (Phi) is 5.75. The summed E-state index contributed by atoms with van der Waals surface area (Å²) in [5.74, 6) is 0.779. The van der Waals surface area contributed by atoms with E-state index in [-0.39, 0.29) is 0 Å². The lowest BCUT2D eigenvalue weighted by Crippen LogP contribution is -1.98. The predicted octanol–water partition coefficient (Wildman–Crippen LogP) is 6.63. The quantitative estimate of drug-likeness (QED) is 0.462. The number of aryl methyl sites for hydroxylation is 1. The van der Waals surface area contributed by atoms with Gasteiger partial charge < -0.3 is 4.74 Å². The molecule has 0 unspecified atom stereocenters. The van der Waals surface area contributed by atoms with Gasteiger partial charge in [0.2, 0.25) is 0 Å². The topological polar surface area (TPSA) is 21.6 Å². The zero-order valence-corrected chi connectivity index (χ0v) is 15.3. The second kappa shape index (κ2) is 8.19. The van der Waals surface area contributed by atoms with Crippen LogP contribution in [-0.2, 0) is 6.61 Å². The SMILES string of the molecule is Cc1ccc(Cl)cc1N=Cc1ccccc1OCc1ccc(Cl)cc1. The molecule has 0 spiro atoms. The minimum atomic E-state index is 0.470. The van der Waals surface area contributed by atoms with Crippen LogP contribution in [0.15, 0.2) is 71.7 Å². The number of para-hydroxylation sites is 1. The highest BCUT2D eigenvalue weighted by atomic mass is 35.5. The van der Waals surface area contributed by atoms with Crippen molar-refractivity contribution in [2.24, 2.45) is 4.99 Å². The summed E-state index contributed by atoms with van der Waals surface area (Å²) in [7, 11) is 0. The monoisotopic (exact) mass is 369 g/mol. The van der Waals surface area contributed by atoms with E-state index >= 15 is 0 Å². The fourth-order valence-corrected chi connectivity index (χ4v) is 2.61. The largest absolute Gasteiger partial charge is 0.488 e. The summed E-state index contributed by atoms with van der Waals surface area (Å²) in [5, 5.41) is 1.39. The van der Waals surface area contributed by atoms with E-state index in [1.165, 1.54) is 0 Å². The van der Waals surface area contributed by atoms with E-state index in [9.17, 15) is 0 Å². The van der Waals surface area contributed by atoms with Gasteiger partial charge in [-0.3, -0.25) is 4.99 Å². The predicted molar refractivity (Wildman–Crippen MR) is 106 cm³/mol. The number of ether oxygens (including phenoxy) is 1. The van der Waals surface area contributed by atoms with Crippen LogP contribution < -0.4 is 4.74 Å². The number of rotatable bonds is 5. The van der Waals surface area contributed by atoms with Gasteiger partial charge in [0, 0.05) is 21.8 Å². The lowest BCUT2D eigenvalue weighted by molar-refractivity contribution is 0.306. The molecular formula is C21H17Cl2NO.